The van der Waals surface area contributed by atoms with Gasteiger partial charge in [-0.15, -0.1) is 0 Å². The van der Waals surface area contributed by atoms with Gasteiger partial charge in [-0.05, 0) is 92.8 Å². The number of rotatable bonds is 9. The van der Waals surface area contributed by atoms with Crippen LogP contribution in [0.15, 0.2) is 91.3 Å². The molecule has 10 rings (SSSR count). The minimum Gasteiger partial charge on any atom is -0.369 e. The van der Waals surface area contributed by atoms with Gasteiger partial charge in [0.05, 0.1) is 6.54 Å². The number of carbonyl (C=O) groups excluding carboxylic acids is 3. The van der Waals surface area contributed by atoms with Crippen molar-refractivity contribution in [2.75, 3.05) is 118 Å². The van der Waals surface area contributed by atoms with E-state index in [2.05, 4.69) is 102 Å². The van der Waals surface area contributed by atoms with E-state index in [1.165, 1.54) is 28.1 Å². The van der Waals surface area contributed by atoms with Crippen LogP contribution in [0.3, 0.4) is 0 Å². The third kappa shape index (κ3) is 11.2. The molecule has 14 heteroatoms. The zero-order valence-electron chi connectivity index (χ0n) is 37.0. The Morgan fingerprint density at radius 1 is 0.587 bits per heavy atom. The van der Waals surface area contributed by atoms with Gasteiger partial charge in [0.15, 0.2) is 0 Å². The highest BCUT2D eigenvalue weighted by atomic mass is 16.2. The molecule has 1 atom stereocenters. The first-order chi connectivity index (χ1) is 30.9. The third-order valence-corrected chi connectivity index (χ3v) is 13.2. The SMILES string of the molecule is CC(CNC(=O)N1CCCC1)N1CCc2ccccc21.O=C(CN1CCN(c2ncccn2)CC1)N1CCc2ccccc21.O=C(NCCN1CCc2ccccc21)N1CCCC1. The number of aromatic nitrogens is 2. The Hall–Kier alpha value is -5.89. The number of anilines is 4. The van der Waals surface area contributed by atoms with Crippen molar-refractivity contribution >= 4 is 41.0 Å². The quantitative estimate of drug-likeness (QED) is 0.232. The summed E-state index contributed by atoms with van der Waals surface area (Å²) in [6.45, 7) is 15.0. The van der Waals surface area contributed by atoms with Crippen LogP contribution in [0.2, 0.25) is 0 Å². The summed E-state index contributed by atoms with van der Waals surface area (Å²) in [5, 5.41) is 6.11. The van der Waals surface area contributed by atoms with Gasteiger partial charge in [-0.3, -0.25) is 9.69 Å². The lowest BCUT2D eigenvalue weighted by Crippen LogP contribution is -2.50. The van der Waals surface area contributed by atoms with Gasteiger partial charge in [-0.2, -0.15) is 0 Å². The second-order valence-corrected chi connectivity index (χ2v) is 17.3. The molecule has 1 unspecified atom stereocenters. The molecule has 3 fully saturated rings. The number of para-hydroxylation sites is 3. The molecule has 1 aromatic heterocycles. The maximum absolute atomic E-state index is 12.7. The molecule has 334 valence electrons. The monoisotopic (exact) mass is 856 g/mol. The van der Waals surface area contributed by atoms with Crippen LogP contribution in [-0.4, -0.2) is 147 Å². The summed E-state index contributed by atoms with van der Waals surface area (Å²) < 4.78 is 0. The molecule has 0 bridgehead atoms. The van der Waals surface area contributed by atoms with Crippen molar-refractivity contribution in [3.05, 3.63) is 108 Å². The lowest BCUT2D eigenvalue weighted by Gasteiger charge is -2.34. The first-order valence-corrected chi connectivity index (χ1v) is 23.3. The van der Waals surface area contributed by atoms with Gasteiger partial charge in [0.25, 0.3) is 0 Å². The molecule has 0 saturated carbocycles. The second kappa shape index (κ2) is 21.5. The number of likely N-dealkylation sites (tertiary alicyclic amines) is 2. The Kier molecular flexibility index (Phi) is 14.9. The van der Waals surface area contributed by atoms with Gasteiger partial charge >= 0.3 is 12.1 Å². The summed E-state index contributed by atoms with van der Waals surface area (Å²) in [6, 6.07) is 27.7. The number of carbonyl (C=O) groups is 3. The first-order valence-electron chi connectivity index (χ1n) is 23.3. The van der Waals surface area contributed by atoms with Gasteiger partial charge in [0, 0.05) is 127 Å². The van der Waals surface area contributed by atoms with Crippen molar-refractivity contribution in [3.8, 4) is 0 Å². The highest BCUT2D eigenvalue weighted by molar-refractivity contribution is 5.96. The molecule has 14 nitrogen and oxygen atoms in total. The predicted molar refractivity (Wildman–Crippen MR) is 251 cm³/mol. The molecule has 0 radical (unpaired) electrons. The van der Waals surface area contributed by atoms with Crippen LogP contribution in [0.4, 0.5) is 32.6 Å². The van der Waals surface area contributed by atoms with E-state index < -0.39 is 0 Å². The van der Waals surface area contributed by atoms with Crippen LogP contribution in [0.25, 0.3) is 0 Å². The lowest BCUT2D eigenvalue weighted by atomic mass is 10.2. The highest BCUT2D eigenvalue weighted by Gasteiger charge is 2.28. The molecule has 63 heavy (non-hydrogen) atoms. The van der Waals surface area contributed by atoms with Crippen molar-refractivity contribution in [2.24, 2.45) is 0 Å². The van der Waals surface area contributed by atoms with E-state index in [0.29, 0.717) is 19.1 Å². The third-order valence-electron chi connectivity index (χ3n) is 13.2. The number of benzene rings is 3. The van der Waals surface area contributed by atoms with Crippen LogP contribution < -0.4 is 30.2 Å². The summed E-state index contributed by atoms with van der Waals surface area (Å²) in [5.74, 6) is 0.973. The van der Waals surface area contributed by atoms with Crippen molar-refractivity contribution in [2.45, 2.75) is 57.9 Å². The Morgan fingerprint density at radius 2 is 1.13 bits per heavy atom. The number of hydrogen-bond acceptors (Lipinski definition) is 9. The van der Waals surface area contributed by atoms with Crippen molar-refractivity contribution in [1.82, 2.24) is 35.3 Å². The van der Waals surface area contributed by atoms with Crippen LogP contribution >= 0.6 is 0 Å². The van der Waals surface area contributed by atoms with Gasteiger partial charge in [0.2, 0.25) is 11.9 Å². The number of piperazine rings is 1. The highest BCUT2D eigenvalue weighted by Crippen LogP contribution is 2.30. The number of fused-ring (bicyclic) bond motifs is 3. The summed E-state index contributed by atoms with van der Waals surface area (Å²) in [6.07, 6.45) is 11.3. The van der Waals surface area contributed by atoms with Crippen molar-refractivity contribution in [1.29, 1.82) is 0 Å². The summed E-state index contributed by atoms with van der Waals surface area (Å²) >= 11 is 0. The zero-order valence-corrected chi connectivity index (χ0v) is 37.0. The molecule has 7 heterocycles. The average molecular weight is 856 g/mol. The van der Waals surface area contributed by atoms with Crippen LogP contribution in [0.5, 0.6) is 0 Å². The van der Waals surface area contributed by atoms with Gasteiger partial charge in [-0.1, -0.05) is 54.6 Å². The molecule has 5 amide bonds. The maximum atomic E-state index is 12.7. The Morgan fingerprint density at radius 3 is 1.79 bits per heavy atom. The maximum Gasteiger partial charge on any atom is 0.317 e. The fraction of sp³-hybridized carbons (Fsp3) is 0.490. The van der Waals surface area contributed by atoms with E-state index in [1.807, 2.05) is 39.0 Å². The molecule has 0 aliphatic carbocycles. The number of urea groups is 2. The minimum absolute atomic E-state index is 0.0989. The summed E-state index contributed by atoms with van der Waals surface area (Å²) in [7, 11) is 0. The molecular formula is C49H65N11O3. The summed E-state index contributed by atoms with van der Waals surface area (Å²) in [5.41, 5.74) is 7.86. The van der Waals surface area contributed by atoms with Gasteiger partial charge < -0.3 is 40.0 Å². The molecule has 3 aromatic carbocycles. The Balaban J connectivity index is 0.000000131. The van der Waals surface area contributed by atoms with Crippen molar-refractivity contribution in [3.63, 3.8) is 0 Å². The van der Waals surface area contributed by atoms with Gasteiger partial charge in [-0.25, -0.2) is 19.6 Å². The molecule has 3 saturated heterocycles. The number of nitrogens with one attached hydrogen (secondary N) is 2. The topological polar surface area (TPSA) is 124 Å². The van der Waals surface area contributed by atoms with Gasteiger partial charge in [0.1, 0.15) is 0 Å². The van der Waals surface area contributed by atoms with Crippen LogP contribution in [0, 0.1) is 0 Å². The standard InChI is InChI=1S/C18H21N5O.C16H23N3O.C15H21N3O/c24-17(23-9-6-15-4-1-2-5-16(15)23)14-21-10-12-22(13-11-21)18-19-7-3-8-20-18;1-13(12-17-16(20)18-9-4-5-10-18)19-11-8-14-6-2-3-7-15(14)19;19-15(18-9-3-4-10-18)16-8-12-17-11-7-13-5-1-2-6-14(13)17/h1-5,7-8H,6,9-14H2;2-3,6-7,13H,4-5,8-12H2,1H3,(H,17,20);1-2,5-6H,3-4,7-12H2,(H,16,19). The van der Waals surface area contributed by atoms with E-state index in [4.69, 9.17) is 0 Å². The number of nitrogens with zero attached hydrogens (tertiary/aromatic N) is 9. The molecule has 2 N–H and O–H groups in total. The van der Waals surface area contributed by atoms with E-state index in [-0.39, 0.29) is 18.0 Å². The van der Waals surface area contributed by atoms with E-state index >= 15 is 0 Å². The van der Waals surface area contributed by atoms with E-state index in [1.54, 1.807) is 12.4 Å². The molecule has 6 aliphatic rings. The largest absolute Gasteiger partial charge is 0.369 e. The minimum atomic E-state index is 0.0989. The lowest BCUT2D eigenvalue weighted by molar-refractivity contribution is -0.119. The Labute approximate surface area is 373 Å². The van der Waals surface area contributed by atoms with Crippen molar-refractivity contribution < 1.29 is 14.4 Å². The van der Waals surface area contributed by atoms with Crippen LogP contribution in [0.1, 0.15) is 49.3 Å². The molecule has 6 aliphatic heterocycles. The van der Waals surface area contributed by atoms with Crippen LogP contribution in [-0.2, 0) is 24.1 Å². The van der Waals surface area contributed by atoms with E-state index in [9.17, 15) is 14.4 Å². The number of hydrogen-bond donors (Lipinski definition) is 2. The van der Waals surface area contributed by atoms with E-state index in [0.717, 1.165) is 142 Å². The summed E-state index contributed by atoms with van der Waals surface area (Å²) in [4.78, 5) is 60.1. The predicted octanol–water partition coefficient (Wildman–Crippen LogP) is 5.29. The number of amides is 5. The Bertz CT molecular complexity index is 2120. The zero-order chi connectivity index (χ0) is 43.4. The fourth-order valence-electron chi connectivity index (χ4n) is 9.60. The normalized spacial score (nSPS) is 18.2. The average Bonchev–Trinajstić information content (AvgIpc) is 4.20. The second-order valence-electron chi connectivity index (χ2n) is 17.3. The fourth-order valence-corrected chi connectivity index (χ4v) is 9.60. The molecular weight excluding hydrogens is 791 g/mol. The molecule has 4 aromatic rings. The first kappa shape index (κ1) is 43.7. The smallest absolute Gasteiger partial charge is 0.317 e. The molecule has 0 spiro atoms.